The lowest BCUT2D eigenvalue weighted by molar-refractivity contribution is -0.164. The molecule has 0 aliphatic rings. The van der Waals surface area contributed by atoms with Crippen molar-refractivity contribution in [1.82, 2.24) is 10.6 Å². The predicted molar refractivity (Wildman–Crippen MR) is 83.2 cm³/mol. The number of rotatable bonds is 10. The zero-order valence-electron chi connectivity index (χ0n) is 14.0. The number of ether oxygens (including phenoxy) is 1. The molecule has 0 saturated carbocycles. The van der Waals surface area contributed by atoms with E-state index in [-0.39, 0.29) is 25.7 Å². The Morgan fingerprint density at radius 2 is 1.08 bits per heavy atom. The first kappa shape index (κ1) is 22.0. The molecule has 2 atom stereocenters. The highest BCUT2D eigenvalue weighted by molar-refractivity contribution is 5.94. The molecule has 0 bridgehead atoms. The minimum atomic E-state index is -1.26. The third kappa shape index (κ3) is 10.4. The molecule has 0 fully saturated rings. The Labute approximate surface area is 143 Å². The highest BCUT2D eigenvalue weighted by Crippen LogP contribution is 2.05. The van der Waals surface area contributed by atoms with Crippen LogP contribution in [-0.4, -0.2) is 47.7 Å². The van der Waals surface area contributed by atoms with Crippen molar-refractivity contribution >= 4 is 35.6 Å². The summed E-state index contributed by atoms with van der Waals surface area (Å²) in [7, 11) is 0. The van der Waals surface area contributed by atoms with Crippen LogP contribution in [0.5, 0.6) is 0 Å². The highest BCUT2D eigenvalue weighted by Gasteiger charge is 2.29. The number of hydrogen-bond acceptors (Lipinski definition) is 7. The van der Waals surface area contributed by atoms with Gasteiger partial charge in [-0.3, -0.25) is 19.2 Å². The molecular weight excluding hydrogens is 336 g/mol. The summed E-state index contributed by atoms with van der Waals surface area (Å²) >= 11 is 0. The molecule has 6 N–H and O–H groups in total. The Kier molecular flexibility index (Phi) is 9.45. The van der Waals surface area contributed by atoms with Crippen molar-refractivity contribution in [1.29, 1.82) is 0 Å². The summed E-state index contributed by atoms with van der Waals surface area (Å²) in [5.74, 6) is -4.79. The Balaban J connectivity index is 4.96. The van der Waals surface area contributed by atoms with Gasteiger partial charge in [0.2, 0.25) is 23.6 Å². The fraction of sp³-hybridized carbons (Fsp3) is 0.571. The molecule has 0 aromatic heterocycles. The lowest BCUT2D eigenvalue weighted by Crippen LogP contribution is -2.46. The maximum atomic E-state index is 12.0. The average Bonchev–Trinajstić information content (AvgIpc) is 2.46. The molecule has 11 heteroatoms. The van der Waals surface area contributed by atoms with E-state index in [1.54, 1.807) is 0 Å². The molecule has 0 spiro atoms. The summed E-state index contributed by atoms with van der Waals surface area (Å²) in [6.07, 6.45) is -0.754. The van der Waals surface area contributed by atoms with Crippen LogP contribution in [0.1, 0.15) is 39.5 Å². The maximum Gasteiger partial charge on any atom is 0.336 e. The van der Waals surface area contributed by atoms with E-state index >= 15 is 0 Å². The summed E-state index contributed by atoms with van der Waals surface area (Å²) in [4.78, 5) is 67.9. The van der Waals surface area contributed by atoms with Gasteiger partial charge in [0.25, 0.3) is 0 Å². The molecule has 11 nitrogen and oxygen atoms in total. The van der Waals surface area contributed by atoms with Crippen LogP contribution >= 0.6 is 0 Å². The Morgan fingerprint density at radius 1 is 0.760 bits per heavy atom. The SMILES string of the molecule is CC(=O)N[C@@H](CCC(N)=O)C(=O)OC(=O)[C@H](CCC(N)=O)NC(C)=O. The van der Waals surface area contributed by atoms with E-state index in [9.17, 15) is 28.8 Å². The van der Waals surface area contributed by atoms with Crippen LogP contribution in [0.2, 0.25) is 0 Å². The summed E-state index contributed by atoms with van der Waals surface area (Å²) in [6, 6.07) is -2.52. The molecule has 0 aliphatic carbocycles. The summed E-state index contributed by atoms with van der Waals surface area (Å²) in [6.45, 7) is 2.28. The quantitative estimate of drug-likeness (QED) is 0.247. The van der Waals surface area contributed by atoms with E-state index in [4.69, 9.17) is 11.5 Å². The topological polar surface area (TPSA) is 188 Å². The standard InChI is InChI=1S/C14H22N4O7/c1-7(19)17-9(3-5-11(15)21)13(23)25-14(24)10(18-8(2)20)4-6-12(16)22/h9-10H,3-6H2,1-2H3,(H2,15,21)(H2,16,22)(H,17,19)(H,18,20)/t9-,10-/m0/s1. The van der Waals surface area contributed by atoms with Crippen LogP contribution in [0.25, 0.3) is 0 Å². The predicted octanol–water partition coefficient (Wildman–Crippen LogP) is -2.40. The van der Waals surface area contributed by atoms with E-state index < -0.39 is 47.7 Å². The number of primary amides is 2. The third-order valence-corrected chi connectivity index (χ3v) is 2.88. The second-order valence-electron chi connectivity index (χ2n) is 5.26. The van der Waals surface area contributed by atoms with E-state index in [1.807, 2.05) is 0 Å². The van der Waals surface area contributed by atoms with Crippen molar-refractivity contribution < 1.29 is 33.5 Å². The first-order valence-corrected chi connectivity index (χ1v) is 7.39. The van der Waals surface area contributed by atoms with Gasteiger partial charge in [0.05, 0.1) is 0 Å². The van der Waals surface area contributed by atoms with Crippen LogP contribution in [0.3, 0.4) is 0 Å². The molecule has 0 aliphatic heterocycles. The number of amides is 4. The van der Waals surface area contributed by atoms with E-state index in [0.29, 0.717) is 0 Å². The summed E-state index contributed by atoms with van der Waals surface area (Å²) in [5, 5.41) is 4.47. The third-order valence-electron chi connectivity index (χ3n) is 2.88. The molecule has 4 amide bonds. The van der Waals surface area contributed by atoms with Crippen LogP contribution in [0.4, 0.5) is 0 Å². The first-order chi connectivity index (χ1) is 11.5. The van der Waals surface area contributed by atoms with E-state index in [0.717, 1.165) is 13.8 Å². The van der Waals surface area contributed by atoms with Crippen molar-refractivity contribution in [3.05, 3.63) is 0 Å². The van der Waals surface area contributed by atoms with Gasteiger partial charge in [0.15, 0.2) is 0 Å². The van der Waals surface area contributed by atoms with Gasteiger partial charge < -0.3 is 26.8 Å². The van der Waals surface area contributed by atoms with Crippen molar-refractivity contribution in [3.8, 4) is 0 Å². The number of nitrogens with one attached hydrogen (secondary N) is 2. The molecule has 0 aromatic rings. The molecule has 0 aromatic carbocycles. The van der Waals surface area contributed by atoms with E-state index in [1.165, 1.54) is 0 Å². The summed E-state index contributed by atoms with van der Waals surface area (Å²) in [5.41, 5.74) is 9.96. The molecule has 25 heavy (non-hydrogen) atoms. The number of nitrogens with two attached hydrogens (primary N) is 2. The van der Waals surface area contributed by atoms with E-state index in [2.05, 4.69) is 15.4 Å². The first-order valence-electron chi connectivity index (χ1n) is 7.39. The number of hydrogen-bond donors (Lipinski definition) is 4. The molecule has 0 rings (SSSR count). The van der Waals surface area contributed by atoms with Crippen LogP contribution in [-0.2, 0) is 33.5 Å². The van der Waals surface area contributed by atoms with Gasteiger partial charge in [-0.25, -0.2) is 9.59 Å². The van der Waals surface area contributed by atoms with Crippen molar-refractivity contribution in [2.24, 2.45) is 11.5 Å². The molecule has 0 unspecified atom stereocenters. The smallest absolute Gasteiger partial charge is 0.336 e. The van der Waals surface area contributed by atoms with Crippen LogP contribution in [0, 0.1) is 0 Å². The molecule has 0 heterocycles. The monoisotopic (exact) mass is 358 g/mol. The van der Waals surface area contributed by atoms with Gasteiger partial charge in [0.1, 0.15) is 12.1 Å². The molecular formula is C14H22N4O7. The summed E-state index contributed by atoms with van der Waals surface area (Å²) < 4.78 is 4.63. The largest absolute Gasteiger partial charge is 0.390 e. The zero-order valence-corrected chi connectivity index (χ0v) is 14.0. The maximum absolute atomic E-state index is 12.0. The second-order valence-corrected chi connectivity index (χ2v) is 5.26. The Bertz CT molecular complexity index is 513. The van der Waals surface area contributed by atoms with Crippen LogP contribution < -0.4 is 22.1 Å². The van der Waals surface area contributed by atoms with Gasteiger partial charge in [0, 0.05) is 26.7 Å². The van der Waals surface area contributed by atoms with Gasteiger partial charge >= 0.3 is 11.9 Å². The van der Waals surface area contributed by atoms with Gasteiger partial charge in [-0.1, -0.05) is 0 Å². The fourth-order valence-electron chi connectivity index (χ4n) is 1.80. The van der Waals surface area contributed by atoms with Crippen LogP contribution in [0.15, 0.2) is 0 Å². The van der Waals surface area contributed by atoms with Gasteiger partial charge in [-0.2, -0.15) is 0 Å². The van der Waals surface area contributed by atoms with Gasteiger partial charge in [-0.15, -0.1) is 0 Å². The molecule has 140 valence electrons. The lowest BCUT2D eigenvalue weighted by Gasteiger charge is -2.19. The minimum Gasteiger partial charge on any atom is -0.390 e. The highest BCUT2D eigenvalue weighted by atomic mass is 16.6. The molecule has 0 radical (unpaired) electrons. The molecule has 0 saturated heterocycles. The zero-order chi connectivity index (χ0) is 19.6. The van der Waals surface area contributed by atoms with Crippen molar-refractivity contribution in [3.63, 3.8) is 0 Å². The average molecular weight is 358 g/mol. The van der Waals surface area contributed by atoms with Crippen molar-refractivity contribution in [2.45, 2.75) is 51.6 Å². The van der Waals surface area contributed by atoms with Gasteiger partial charge in [-0.05, 0) is 12.8 Å². The number of esters is 2. The second kappa shape index (κ2) is 10.7. The minimum absolute atomic E-state index is 0.160. The Hall–Kier alpha value is -2.98. The fourth-order valence-corrected chi connectivity index (χ4v) is 1.80. The Morgan fingerprint density at radius 3 is 1.32 bits per heavy atom. The lowest BCUT2D eigenvalue weighted by atomic mass is 10.1. The van der Waals surface area contributed by atoms with Crippen molar-refractivity contribution in [2.75, 3.05) is 0 Å². The normalized spacial score (nSPS) is 12.4. The number of carbonyl (C=O) groups excluding carboxylic acids is 6. The number of carbonyl (C=O) groups is 6.